The van der Waals surface area contributed by atoms with Crippen molar-refractivity contribution in [3.05, 3.63) is 29.8 Å². The molecule has 1 amide bonds. The largest absolute Gasteiger partial charge is 0.369 e. The van der Waals surface area contributed by atoms with Crippen molar-refractivity contribution >= 4 is 17.6 Å². The van der Waals surface area contributed by atoms with E-state index in [1.54, 1.807) is 0 Å². The number of hydrogen-bond acceptors (Lipinski definition) is 4. The summed E-state index contributed by atoms with van der Waals surface area (Å²) in [7, 11) is 1.81. The molecular formula is C24H40N6O. The normalized spacial score (nSPS) is 20.2. The molecule has 2 saturated heterocycles. The van der Waals surface area contributed by atoms with Gasteiger partial charge in [0.05, 0.1) is 0 Å². The van der Waals surface area contributed by atoms with Crippen molar-refractivity contribution in [3.63, 3.8) is 0 Å². The van der Waals surface area contributed by atoms with E-state index in [9.17, 15) is 4.79 Å². The Hall–Kier alpha value is -2.28. The Balaban J connectivity index is 1.27. The number of unbranched alkanes of at least 4 members (excludes halogenated alkanes) is 1. The highest BCUT2D eigenvalue weighted by molar-refractivity contribution is 5.80. The van der Waals surface area contributed by atoms with Gasteiger partial charge in [0, 0.05) is 71.0 Å². The molecule has 1 aromatic carbocycles. The van der Waals surface area contributed by atoms with Gasteiger partial charge in [-0.15, -0.1) is 0 Å². The highest BCUT2D eigenvalue weighted by Crippen LogP contribution is 2.18. The molecule has 1 atom stereocenters. The number of aryl methyl sites for hydroxylation is 1. The summed E-state index contributed by atoms with van der Waals surface area (Å²) >= 11 is 0. The zero-order valence-electron chi connectivity index (χ0n) is 19.6. The van der Waals surface area contributed by atoms with Crippen LogP contribution in [0.25, 0.3) is 0 Å². The van der Waals surface area contributed by atoms with Gasteiger partial charge in [0.1, 0.15) is 0 Å². The van der Waals surface area contributed by atoms with Crippen LogP contribution in [0.3, 0.4) is 0 Å². The number of anilines is 1. The number of benzene rings is 1. The molecule has 0 aromatic heterocycles. The second-order valence-corrected chi connectivity index (χ2v) is 8.70. The molecule has 0 aliphatic carbocycles. The standard InChI is InChI=1S/C24H40N6O/c1-4-23(31)30-13-10-21(19-30)27-24(25-3)26-11-5-6-12-28-14-16-29(17-15-28)22-9-7-8-20(2)18-22/h7-9,18,21H,4-6,10-17,19H2,1-3H3,(H2,25,26,27). The topological polar surface area (TPSA) is 63.2 Å². The maximum Gasteiger partial charge on any atom is 0.222 e. The van der Waals surface area contributed by atoms with Crippen LogP contribution in [0, 0.1) is 6.92 Å². The Bertz CT molecular complexity index is 729. The quantitative estimate of drug-likeness (QED) is 0.377. The molecule has 0 spiro atoms. The van der Waals surface area contributed by atoms with Crippen molar-refractivity contribution in [2.24, 2.45) is 4.99 Å². The number of amides is 1. The summed E-state index contributed by atoms with van der Waals surface area (Å²) in [5.41, 5.74) is 2.68. The number of hydrogen-bond donors (Lipinski definition) is 2. The molecule has 31 heavy (non-hydrogen) atoms. The van der Waals surface area contributed by atoms with Crippen molar-refractivity contribution in [1.82, 2.24) is 20.4 Å². The van der Waals surface area contributed by atoms with Gasteiger partial charge in [0.25, 0.3) is 0 Å². The van der Waals surface area contributed by atoms with E-state index in [0.29, 0.717) is 12.5 Å². The van der Waals surface area contributed by atoms with Gasteiger partial charge in [-0.1, -0.05) is 19.1 Å². The Labute approximate surface area is 187 Å². The zero-order chi connectivity index (χ0) is 22.1. The fourth-order valence-electron chi connectivity index (χ4n) is 4.44. The number of carbonyl (C=O) groups is 1. The van der Waals surface area contributed by atoms with E-state index >= 15 is 0 Å². The molecule has 0 saturated carbocycles. The van der Waals surface area contributed by atoms with E-state index in [1.165, 1.54) is 17.7 Å². The minimum absolute atomic E-state index is 0.243. The van der Waals surface area contributed by atoms with Crippen molar-refractivity contribution in [3.8, 4) is 0 Å². The van der Waals surface area contributed by atoms with Crippen molar-refractivity contribution in [2.45, 2.75) is 45.6 Å². The Morgan fingerprint density at radius 2 is 1.97 bits per heavy atom. The maximum atomic E-state index is 11.8. The van der Waals surface area contributed by atoms with E-state index in [-0.39, 0.29) is 5.91 Å². The number of nitrogens with zero attached hydrogens (tertiary/aromatic N) is 4. The first-order valence-electron chi connectivity index (χ1n) is 11.9. The highest BCUT2D eigenvalue weighted by Gasteiger charge is 2.25. The van der Waals surface area contributed by atoms with Crippen LogP contribution in [-0.2, 0) is 4.79 Å². The Morgan fingerprint density at radius 1 is 1.16 bits per heavy atom. The molecule has 2 aliphatic heterocycles. The summed E-state index contributed by atoms with van der Waals surface area (Å²) in [6.45, 7) is 12.3. The number of rotatable bonds is 8. The average molecular weight is 429 g/mol. The summed E-state index contributed by atoms with van der Waals surface area (Å²) < 4.78 is 0. The summed E-state index contributed by atoms with van der Waals surface area (Å²) in [4.78, 5) is 23.2. The molecular weight excluding hydrogens is 388 g/mol. The third kappa shape index (κ3) is 7.13. The Kier molecular flexibility index (Phi) is 9.00. The molecule has 1 aromatic rings. The lowest BCUT2D eigenvalue weighted by Crippen LogP contribution is -2.47. The van der Waals surface area contributed by atoms with Crippen molar-refractivity contribution < 1.29 is 4.79 Å². The molecule has 2 N–H and O–H groups in total. The monoisotopic (exact) mass is 428 g/mol. The van der Waals surface area contributed by atoms with Crippen LogP contribution >= 0.6 is 0 Å². The van der Waals surface area contributed by atoms with Crippen LogP contribution < -0.4 is 15.5 Å². The molecule has 7 nitrogen and oxygen atoms in total. The lowest BCUT2D eigenvalue weighted by molar-refractivity contribution is -0.129. The van der Waals surface area contributed by atoms with Crippen molar-refractivity contribution in [1.29, 1.82) is 0 Å². The third-order valence-electron chi connectivity index (χ3n) is 6.34. The minimum Gasteiger partial charge on any atom is -0.369 e. The number of aliphatic imine (C=N–C) groups is 1. The number of carbonyl (C=O) groups excluding carboxylic acids is 1. The fraction of sp³-hybridized carbons (Fsp3) is 0.667. The Morgan fingerprint density at radius 3 is 2.68 bits per heavy atom. The van der Waals surface area contributed by atoms with Gasteiger partial charge in [-0.3, -0.25) is 14.7 Å². The molecule has 3 rings (SSSR count). The first-order valence-corrected chi connectivity index (χ1v) is 11.9. The molecule has 0 radical (unpaired) electrons. The highest BCUT2D eigenvalue weighted by atomic mass is 16.2. The summed E-state index contributed by atoms with van der Waals surface area (Å²) in [5.74, 6) is 1.09. The third-order valence-corrected chi connectivity index (χ3v) is 6.34. The SMILES string of the molecule is CCC(=O)N1CCC(NC(=NC)NCCCCN2CCN(c3cccc(C)c3)CC2)C1. The summed E-state index contributed by atoms with van der Waals surface area (Å²) in [6.07, 6.45) is 3.89. The van der Waals surface area contributed by atoms with Crippen LogP contribution in [0.1, 0.15) is 38.2 Å². The van der Waals surface area contributed by atoms with Gasteiger partial charge in [-0.25, -0.2) is 0 Å². The van der Waals surface area contributed by atoms with E-state index < -0.39 is 0 Å². The summed E-state index contributed by atoms with van der Waals surface area (Å²) in [6, 6.07) is 9.12. The smallest absolute Gasteiger partial charge is 0.222 e. The van der Waals surface area contributed by atoms with Gasteiger partial charge in [0.15, 0.2) is 5.96 Å². The summed E-state index contributed by atoms with van der Waals surface area (Å²) in [5, 5.41) is 6.90. The average Bonchev–Trinajstić information content (AvgIpc) is 3.26. The predicted molar refractivity (Wildman–Crippen MR) is 129 cm³/mol. The first kappa shape index (κ1) is 23.4. The zero-order valence-corrected chi connectivity index (χ0v) is 19.6. The predicted octanol–water partition coefficient (Wildman–Crippen LogP) is 2.07. The second kappa shape index (κ2) is 11.9. The molecule has 7 heteroatoms. The van der Waals surface area contributed by atoms with Gasteiger partial charge in [0.2, 0.25) is 5.91 Å². The number of piperazine rings is 1. The van der Waals surface area contributed by atoms with E-state index in [4.69, 9.17) is 0 Å². The lowest BCUT2D eigenvalue weighted by atomic mass is 10.2. The van der Waals surface area contributed by atoms with Crippen LogP contribution in [-0.4, -0.2) is 87.1 Å². The lowest BCUT2D eigenvalue weighted by Gasteiger charge is -2.36. The number of nitrogens with one attached hydrogen (secondary N) is 2. The van der Waals surface area contributed by atoms with E-state index in [0.717, 1.165) is 71.2 Å². The van der Waals surface area contributed by atoms with Crippen LogP contribution in [0.15, 0.2) is 29.3 Å². The van der Waals surface area contributed by atoms with Gasteiger partial charge < -0.3 is 20.4 Å². The van der Waals surface area contributed by atoms with Gasteiger partial charge >= 0.3 is 0 Å². The van der Waals surface area contributed by atoms with E-state index in [1.807, 2.05) is 18.9 Å². The molecule has 1 unspecified atom stereocenters. The van der Waals surface area contributed by atoms with E-state index in [2.05, 4.69) is 56.6 Å². The van der Waals surface area contributed by atoms with Gasteiger partial charge in [-0.2, -0.15) is 0 Å². The molecule has 172 valence electrons. The minimum atomic E-state index is 0.243. The number of guanidine groups is 1. The van der Waals surface area contributed by atoms with Crippen LogP contribution in [0.2, 0.25) is 0 Å². The van der Waals surface area contributed by atoms with Crippen LogP contribution in [0.4, 0.5) is 5.69 Å². The molecule has 2 heterocycles. The number of likely N-dealkylation sites (tertiary alicyclic amines) is 1. The van der Waals surface area contributed by atoms with Gasteiger partial charge in [-0.05, 0) is 50.4 Å². The fourth-order valence-corrected chi connectivity index (χ4v) is 4.44. The van der Waals surface area contributed by atoms with Crippen LogP contribution in [0.5, 0.6) is 0 Å². The molecule has 2 aliphatic rings. The maximum absolute atomic E-state index is 11.8. The second-order valence-electron chi connectivity index (χ2n) is 8.70. The first-order chi connectivity index (χ1) is 15.1. The van der Waals surface area contributed by atoms with Crippen molar-refractivity contribution in [2.75, 3.05) is 64.3 Å². The molecule has 2 fully saturated rings. The molecule has 0 bridgehead atoms.